The van der Waals surface area contributed by atoms with Crippen molar-refractivity contribution in [1.82, 2.24) is 5.32 Å². The fourth-order valence-electron chi connectivity index (χ4n) is 2.52. The second-order valence-corrected chi connectivity index (χ2v) is 7.24. The van der Waals surface area contributed by atoms with Gasteiger partial charge >= 0.3 is 0 Å². The van der Waals surface area contributed by atoms with Crippen molar-refractivity contribution in [2.24, 2.45) is 0 Å². The van der Waals surface area contributed by atoms with Gasteiger partial charge in [0.15, 0.2) is 0 Å². The fourth-order valence-corrected chi connectivity index (χ4v) is 3.79. The zero-order valence-electron chi connectivity index (χ0n) is 12.1. The Hall–Kier alpha value is -0.0300. The van der Waals surface area contributed by atoms with Crippen LogP contribution in [0.3, 0.4) is 0 Å². The van der Waals surface area contributed by atoms with Crippen LogP contribution in [-0.4, -0.2) is 31.1 Å². The molecule has 1 aliphatic heterocycles. The van der Waals surface area contributed by atoms with Crippen LogP contribution >= 0.6 is 27.7 Å². The van der Waals surface area contributed by atoms with Crippen molar-refractivity contribution in [2.45, 2.75) is 49.6 Å². The van der Waals surface area contributed by atoms with E-state index in [9.17, 15) is 0 Å². The number of benzene rings is 1. The van der Waals surface area contributed by atoms with E-state index in [0.29, 0.717) is 12.1 Å². The Labute approximate surface area is 135 Å². The van der Waals surface area contributed by atoms with Crippen LogP contribution in [0.15, 0.2) is 33.6 Å². The highest BCUT2D eigenvalue weighted by molar-refractivity contribution is 9.10. The molecule has 1 aliphatic rings. The molecule has 20 heavy (non-hydrogen) atoms. The molecule has 1 fully saturated rings. The summed E-state index contributed by atoms with van der Waals surface area (Å²) in [6.45, 7) is 4.19. The molecule has 1 aromatic rings. The van der Waals surface area contributed by atoms with Crippen LogP contribution in [0.4, 0.5) is 0 Å². The lowest BCUT2D eigenvalue weighted by molar-refractivity contribution is 0.100. The van der Waals surface area contributed by atoms with Gasteiger partial charge in [-0.3, -0.25) is 0 Å². The van der Waals surface area contributed by atoms with Crippen molar-refractivity contribution in [3.8, 4) is 0 Å². The Kier molecular flexibility index (Phi) is 7.42. The van der Waals surface area contributed by atoms with Crippen molar-refractivity contribution in [3.05, 3.63) is 28.7 Å². The van der Waals surface area contributed by atoms with E-state index in [2.05, 4.69) is 52.4 Å². The van der Waals surface area contributed by atoms with Crippen molar-refractivity contribution >= 4 is 27.7 Å². The predicted molar refractivity (Wildman–Crippen MR) is 90.5 cm³/mol. The first-order chi connectivity index (χ1) is 9.78. The van der Waals surface area contributed by atoms with E-state index >= 15 is 0 Å². The molecule has 2 nitrogen and oxygen atoms in total. The maximum Gasteiger partial charge on any atom is 0.0576 e. The van der Waals surface area contributed by atoms with Crippen LogP contribution in [0, 0.1) is 0 Å². The number of ether oxygens (including phenoxy) is 1. The Morgan fingerprint density at radius 1 is 1.40 bits per heavy atom. The van der Waals surface area contributed by atoms with Gasteiger partial charge in [-0.2, -0.15) is 0 Å². The topological polar surface area (TPSA) is 21.3 Å². The molecule has 0 aromatic heterocycles. The Bertz CT molecular complexity index is 379. The van der Waals surface area contributed by atoms with Gasteiger partial charge in [-0.25, -0.2) is 0 Å². The molecular weight excluding hydrogens is 334 g/mol. The van der Waals surface area contributed by atoms with Crippen LogP contribution in [0.2, 0.25) is 0 Å². The maximum absolute atomic E-state index is 5.72. The Morgan fingerprint density at radius 2 is 2.20 bits per heavy atom. The number of halogens is 1. The average molecular weight is 358 g/mol. The van der Waals surface area contributed by atoms with E-state index in [4.69, 9.17) is 4.74 Å². The van der Waals surface area contributed by atoms with E-state index in [1.54, 1.807) is 0 Å². The third-order valence-corrected chi connectivity index (χ3v) is 5.32. The minimum absolute atomic E-state index is 0.508. The Balaban J connectivity index is 1.74. The second-order valence-electron chi connectivity index (χ2n) is 5.23. The molecule has 1 aromatic carbocycles. The SMILES string of the molecule is CCNC(CCC1CCCO1)CSc1ccc(Br)cc1. The highest BCUT2D eigenvalue weighted by Crippen LogP contribution is 2.23. The monoisotopic (exact) mass is 357 g/mol. The van der Waals surface area contributed by atoms with Crippen molar-refractivity contribution in [3.63, 3.8) is 0 Å². The van der Waals surface area contributed by atoms with E-state index in [-0.39, 0.29) is 0 Å². The molecule has 0 saturated carbocycles. The molecule has 0 aliphatic carbocycles. The zero-order chi connectivity index (χ0) is 14.2. The summed E-state index contributed by atoms with van der Waals surface area (Å²) < 4.78 is 6.86. The van der Waals surface area contributed by atoms with Gasteiger partial charge in [-0.05, 0) is 56.5 Å². The molecule has 112 valence electrons. The number of thioether (sulfide) groups is 1. The van der Waals surface area contributed by atoms with Crippen molar-refractivity contribution < 1.29 is 4.74 Å². The summed E-state index contributed by atoms with van der Waals surface area (Å²) in [6.07, 6.45) is 5.40. The number of rotatable bonds is 8. The van der Waals surface area contributed by atoms with Gasteiger partial charge in [0.1, 0.15) is 0 Å². The third-order valence-electron chi connectivity index (χ3n) is 3.62. The van der Waals surface area contributed by atoms with Gasteiger partial charge in [0.25, 0.3) is 0 Å². The lowest BCUT2D eigenvalue weighted by atomic mass is 10.1. The average Bonchev–Trinajstić information content (AvgIpc) is 2.97. The van der Waals surface area contributed by atoms with Gasteiger partial charge in [-0.15, -0.1) is 11.8 Å². The molecule has 2 atom stereocenters. The summed E-state index contributed by atoms with van der Waals surface area (Å²) in [4.78, 5) is 1.34. The van der Waals surface area contributed by atoms with Crippen LogP contribution in [0.1, 0.15) is 32.6 Å². The number of nitrogens with one attached hydrogen (secondary N) is 1. The molecule has 1 saturated heterocycles. The first-order valence-corrected chi connectivity index (χ1v) is 9.29. The molecule has 1 N–H and O–H groups in total. The van der Waals surface area contributed by atoms with Crippen LogP contribution in [-0.2, 0) is 4.74 Å². The largest absolute Gasteiger partial charge is 0.378 e. The molecule has 0 bridgehead atoms. The van der Waals surface area contributed by atoms with Crippen molar-refractivity contribution in [1.29, 1.82) is 0 Å². The van der Waals surface area contributed by atoms with Gasteiger partial charge in [0.2, 0.25) is 0 Å². The molecule has 2 unspecified atom stereocenters. The summed E-state index contributed by atoms with van der Waals surface area (Å²) in [5.41, 5.74) is 0. The fraction of sp³-hybridized carbons (Fsp3) is 0.625. The van der Waals surface area contributed by atoms with Gasteiger partial charge < -0.3 is 10.1 Å². The quantitative estimate of drug-likeness (QED) is 0.693. The lowest BCUT2D eigenvalue weighted by Gasteiger charge is -2.19. The molecule has 0 radical (unpaired) electrons. The predicted octanol–water partition coefficient (Wildman–Crippen LogP) is 4.48. The zero-order valence-corrected chi connectivity index (χ0v) is 14.5. The molecule has 0 spiro atoms. The van der Waals surface area contributed by atoms with E-state index in [0.717, 1.165) is 23.4 Å². The summed E-state index contributed by atoms with van der Waals surface area (Å²) in [7, 11) is 0. The van der Waals surface area contributed by atoms with E-state index in [1.165, 1.54) is 30.6 Å². The van der Waals surface area contributed by atoms with Crippen LogP contribution in [0.5, 0.6) is 0 Å². The first kappa shape index (κ1) is 16.3. The highest BCUT2D eigenvalue weighted by atomic mass is 79.9. The number of hydrogen-bond donors (Lipinski definition) is 1. The summed E-state index contributed by atoms with van der Waals surface area (Å²) in [6, 6.07) is 9.15. The van der Waals surface area contributed by atoms with Crippen LogP contribution in [0.25, 0.3) is 0 Å². The Morgan fingerprint density at radius 3 is 2.85 bits per heavy atom. The van der Waals surface area contributed by atoms with E-state index < -0.39 is 0 Å². The highest BCUT2D eigenvalue weighted by Gasteiger charge is 2.17. The smallest absolute Gasteiger partial charge is 0.0576 e. The van der Waals surface area contributed by atoms with E-state index in [1.807, 2.05) is 11.8 Å². The maximum atomic E-state index is 5.72. The second kappa shape index (κ2) is 9.08. The molecule has 2 rings (SSSR count). The standard InChI is InChI=1S/C16H24BrNOS/c1-2-18-14(7-8-15-4-3-11-19-15)12-20-16-9-5-13(17)6-10-16/h5-6,9-10,14-15,18H,2-4,7-8,11-12H2,1H3. The minimum Gasteiger partial charge on any atom is -0.378 e. The number of hydrogen-bond acceptors (Lipinski definition) is 3. The molecule has 4 heteroatoms. The van der Waals surface area contributed by atoms with Gasteiger partial charge in [-0.1, -0.05) is 22.9 Å². The first-order valence-electron chi connectivity index (χ1n) is 7.51. The van der Waals surface area contributed by atoms with Gasteiger partial charge in [0.05, 0.1) is 6.10 Å². The summed E-state index contributed by atoms with van der Waals surface area (Å²) in [5, 5.41) is 3.60. The summed E-state index contributed by atoms with van der Waals surface area (Å²) >= 11 is 5.41. The molecule has 1 heterocycles. The molecule has 0 amide bonds. The van der Waals surface area contributed by atoms with Gasteiger partial charge in [0, 0.05) is 27.8 Å². The van der Waals surface area contributed by atoms with Crippen LogP contribution < -0.4 is 5.32 Å². The normalized spacial score (nSPS) is 20.2. The van der Waals surface area contributed by atoms with Crippen molar-refractivity contribution in [2.75, 3.05) is 18.9 Å². The summed E-state index contributed by atoms with van der Waals surface area (Å²) in [5.74, 6) is 1.13. The third kappa shape index (κ3) is 5.76. The molecular formula is C16H24BrNOS. The lowest BCUT2D eigenvalue weighted by Crippen LogP contribution is -2.32. The minimum atomic E-state index is 0.508.